The molecule has 11 heavy (non-hydrogen) atoms. The van der Waals surface area contributed by atoms with Gasteiger partial charge in [0.2, 0.25) is 0 Å². The molecule has 0 aliphatic rings. The maximum absolute atomic E-state index is 9.96. The smallest absolute Gasteiger partial charge is 0.449 e. The molecule has 0 bridgehead atoms. The summed E-state index contributed by atoms with van der Waals surface area (Å²) < 4.78 is 5.78. The Kier molecular flexibility index (Phi) is 1.90. The number of ether oxygens (including phenoxy) is 1. The van der Waals surface area contributed by atoms with Crippen molar-refractivity contribution in [2.75, 3.05) is 0 Å². The topological polar surface area (TPSA) is 80.1 Å². The highest BCUT2D eigenvalue weighted by Crippen LogP contribution is 1.99. The first-order valence-electron chi connectivity index (χ1n) is 2.63. The molecule has 60 valence electrons. The fraction of sp³-hybridized carbons (Fsp3) is 0.250. The zero-order valence-electron chi connectivity index (χ0n) is 5.57. The minimum Gasteiger partial charge on any atom is -0.449 e. The molecule has 1 aromatic rings. The molecular formula is C4H5N3O3S. The van der Waals surface area contributed by atoms with Gasteiger partial charge < -0.3 is 9.84 Å². The lowest BCUT2D eigenvalue weighted by molar-refractivity contribution is 0.140. The van der Waals surface area contributed by atoms with E-state index in [9.17, 15) is 4.79 Å². The Balaban J connectivity index is 2.89. The SMILES string of the molecule is Cn1nc(OC(=O)O)[nH]c1=S. The standard InChI is InChI=1S/C4H5N3O3S/c1-7-3(11)5-2(6-7)10-4(8)9/h1H3,(H,8,9)(H,5,6,11). The lowest BCUT2D eigenvalue weighted by Gasteiger charge is -1.88. The summed E-state index contributed by atoms with van der Waals surface area (Å²) in [5, 5.41) is 11.7. The molecule has 0 unspecified atom stereocenters. The van der Waals surface area contributed by atoms with Gasteiger partial charge in [0.15, 0.2) is 4.77 Å². The van der Waals surface area contributed by atoms with Crippen LogP contribution >= 0.6 is 12.2 Å². The number of aromatic amines is 1. The molecule has 0 aliphatic carbocycles. The monoisotopic (exact) mass is 175 g/mol. The molecule has 1 aromatic heterocycles. The molecule has 0 amide bonds. The van der Waals surface area contributed by atoms with E-state index in [1.54, 1.807) is 7.05 Å². The van der Waals surface area contributed by atoms with Crippen LogP contribution < -0.4 is 4.74 Å². The van der Waals surface area contributed by atoms with Crippen molar-refractivity contribution in [2.45, 2.75) is 0 Å². The number of hydrogen-bond donors (Lipinski definition) is 2. The lowest BCUT2D eigenvalue weighted by Crippen LogP contribution is -2.04. The van der Waals surface area contributed by atoms with Gasteiger partial charge in [-0.15, -0.1) is 5.10 Å². The van der Waals surface area contributed by atoms with Crippen molar-refractivity contribution in [3.8, 4) is 6.01 Å². The van der Waals surface area contributed by atoms with Crippen molar-refractivity contribution in [3.05, 3.63) is 4.77 Å². The first kappa shape index (κ1) is 7.73. The van der Waals surface area contributed by atoms with E-state index in [0.29, 0.717) is 4.77 Å². The highest BCUT2D eigenvalue weighted by Gasteiger charge is 2.04. The van der Waals surface area contributed by atoms with E-state index < -0.39 is 6.16 Å². The predicted octanol–water partition coefficient (Wildman–Crippen LogP) is 0.534. The average Bonchev–Trinajstić information content (AvgIpc) is 2.10. The normalized spacial score (nSPS) is 9.55. The van der Waals surface area contributed by atoms with Gasteiger partial charge in [0, 0.05) is 7.05 Å². The zero-order chi connectivity index (χ0) is 8.43. The van der Waals surface area contributed by atoms with Crippen molar-refractivity contribution >= 4 is 18.4 Å². The van der Waals surface area contributed by atoms with Crippen molar-refractivity contribution in [1.29, 1.82) is 0 Å². The van der Waals surface area contributed by atoms with Crippen molar-refractivity contribution in [2.24, 2.45) is 7.05 Å². The highest BCUT2D eigenvalue weighted by atomic mass is 32.1. The third-order valence-electron chi connectivity index (χ3n) is 0.933. The predicted molar refractivity (Wildman–Crippen MR) is 37.0 cm³/mol. The number of carbonyl (C=O) groups is 1. The van der Waals surface area contributed by atoms with Gasteiger partial charge in [0.25, 0.3) is 0 Å². The lowest BCUT2D eigenvalue weighted by atomic mass is 11.1. The fourth-order valence-electron chi connectivity index (χ4n) is 0.508. The van der Waals surface area contributed by atoms with Crippen LogP contribution in [0.25, 0.3) is 0 Å². The molecule has 1 rings (SSSR count). The maximum atomic E-state index is 9.96. The first-order valence-corrected chi connectivity index (χ1v) is 3.04. The van der Waals surface area contributed by atoms with E-state index >= 15 is 0 Å². The quantitative estimate of drug-likeness (QED) is 0.480. The first-order chi connectivity index (χ1) is 5.09. The summed E-state index contributed by atoms with van der Waals surface area (Å²) in [5.74, 6) is 0. The van der Waals surface area contributed by atoms with Gasteiger partial charge in [-0.25, -0.2) is 9.48 Å². The third kappa shape index (κ3) is 1.77. The van der Waals surface area contributed by atoms with Crippen LogP contribution in [-0.2, 0) is 7.05 Å². The molecule has 0 saturated heterocycles. The largest absolute Gasteiger partial charge is 0.513 e. The molecule has 1 heterocycles. The average molecular weight is 175 g/mol. The number of aryl methyl sites for hydroxylation is 1. The molecule has 0 atom stereocenters. The van der Waals surface area contributed by atoms with E-state index in [2.05, 4.69) is 14.8 Å². The molecule has 2 N–H and O–H groups in total. The Morgan fingerprint density at radius 1 is 1.91 bits per heavy atom. The molecule has 0 aromatic carbocycles. The molecule has 7 heteroatoms. The molecule has 0 spiro atoms. The number of rotatable bonds is 1. The number of H-pyrrole nitrogens is 1. The number of nitrogens with zero attached hydrogens (tertiary/aromatic N) is 2. The van der Waals surface area contributed by atoms with Crippen molar-refractivity contribution in [1.82, 2.24) is 14.8 Å². The molecule has 0 fully saturated rings. The van der Waals surface area contributed by atoms with Crippen LogP contribution in [0.5, 0.6) is 6.01 Å². The second-order valence-corrected chi connectivity index (χ2v) is 2.11. The van der Waals surface area contributed by atoms with Crippen LogP contribution in [0.4, 0.5) is 4.79 Å². The fourth-order valence-corrected chi connectivity index (χ4v) is 0.636. The van der Waals surface area contributed by atoms with Crippen molar-refractivity contribution < 1.29 is 14.6 Å². The van der Waals surface area contributed by atoms with Gasteiger partial charge in [-0.2, -0.15) is 0 Å². The summed E-state index contributed by atoms with van der Waals surface area (Å²) in [6, 6.07) is -0.120. The molecule has 6 nitrogen and oxygen atoms in total. The Labute approximate surface area is 66.4 Å². The zero-order valence-corrected chi connectivity index (χ0v) is 6.38. The van der Waals surface area contributed by atoms with Gasteiger partial charge in [0.05, 0.1) is 0 Å². The van der Waals surface area contributed by atoms with Gasteiger partial charge in [-0.1, -0.05) is 0 Å². The van der Waals surface area contributed by atoms with Crippen LogP contribution in [0, 0.1) is 4.77 Å². The van der Waals surface area contributed by atoms with Gasteiger partial charge in [-0.3, -0.25) is 4.98 Å². The van der Waals surface area contributed by atoms with Crippen LogP contribution in [0.2, 0.25) is 0 Å². The number of nitrogens with one attached hydrogen (secondary N) is 1. The highest BCUT2D eigenvalue weighted by molar-refractivity contribution is 7.71. The Hall–Kier alpha value is -1.37. The molecular weight excluding hydrogens is 170 g/mol. The summed E-state index contributed by atoms with van der Waals surface area (Å²) in [6.45, 7) is 0. The third-order valence-corrected chi connectivity index (χ3v) is 1.30. The van der Waals surface area contributed by atoms with E-state index in [1.807, 2.05) is 0 Å². The van der Waals surface area contributed by atoms with Crippen LogP contribution in [0.3, 0.4) is 0 Å². The second-order valence-electron chi connectivity index (χ2n) is 1.73. The Morgan fingerprint density at radius 2 is 2.55 bits per heavy atom. The maximum Gasteiger partial charge on any atom is 0.513 e. The summed E-state index contributed by atoms with van der Waals surface area (Å²) >= 11 is 4.70. The minimum absolute atomic E-state index is 0.120. The summed E-state index contributed by atoms with van der Waals surface area (Å²) in [6.07, 6.45) is -1.42. The van der Waals surface area contributed by atoms with E-state index in [4.69, 9.17) is 17.3 Å². The Morgan fingerprint density at radius 3 is 2.91 bits per heavy atom. The summed E-state index contributed by atoms with van der Waals surface area (Å²) in [4.78, 5) is 12.4. The van der Waals surface area contributed by atoms with Crippen molar-refractivity contribution in [3.63, 3.8) is 0 Å². The molecule has 0 radical (unpaired) electrons. The summed E-state index contributed by atoms with van der Waals surface area (Å²) in [5.41, 5.74) is 0. The van der Waals surface area contributed by atoms with Crippen LogP contribution in [-0.4, -0.2) is 26.0 Å². The van der Waals surface area contributed by atoms with Gasteiger partial charge in [0.1, 0.15) is 0 Å². The van der Waals surface area contributed by atoms with Gasteiger partial charge >= 0.3 is 12.2 Å². The number of aromatic nitrogens is 3. The Bertz CT molecular complexity index is 328. The van der Waals surface area contributed by atoms with Crippen LogP contribution in [0.15, 0.2) is 0 Å². The van der Waals surface area contributed by atoms with Gasteiger partial charge in [-0.05, 0) is 12.2 Å². The number of carboxylic acid groups (broad SMARTS) is 1. The second kappa shape index (κ2) is 2.70. The summed E-state index contributed by atoms with van der Waals surface area (Å²) in [7, 11) is 1.58. The van der Waals surface area contributed by atoms with Crippen LogP contribution in [0.1, 0.15) is 0 Å². The van der Waals surface area contributed by atoms with E-state index in [0.717, 1.165) is 0 Å². The van der Waals surface area contributed by atoms with E-state index in [1.165, 1.54) is 4.68 Å². The number of hydrogen-bond acceptors (Lipinski definition) is 4. The van der Waals surface area contributed by atoms with E-state index in [-0.39, 0.29) is 6.01 Å². The molecule has 0 saturated carbocycles. The minimum atomic E-state index is -1.42. The molecule has 0 aliphatic heterocycles.